The Morgan fingerprint density at radius 3 is 1.36 bits per heavy atom. The van der Waals surface area contributed by atoms with Crippen LogP contribution in [0, 0.1) is 0 Å². The fourth-order valence-electron chi connectivity index (χ4n) is 5.52. The molecule has 1 atom stereocenters. The van der Waals surface area contributed by atoms with Gasteiger partial charge in [0.15, 0.2) is 0 Å². The van der Waals surface area contributed by atoms with Crippen molar-refractivity contribution in [1.82, 2.24) is 0 Å². The van der Waals surface area contributed by atoms with Crippen molar-refractivity contribution in [1.29, 1.82) is 0 Å². The lowest BCUT2D eigenvalue weighted by atomic mass is 10.1. The smallest absolute Gasteiger partial charge is 0.104 e. The van der Waals surface area contributed by atoms with Crippen LogP contribution in [-0.2, 0) is 16.1 Å². The Morgan fingerprint density at radius 1 is 0.489 bits per heavy atom. The molecule has 1 saturated heterocycles. The van der Waals surface area contributed by atoms with Gasteiger partial charge in [-0.3, -0.25) is 0 Å². The van der Waals surface area contributed by atoms with Gasteiger partial charge in [-0.25, -0.2) is 0 Å². The number of rotatable bonds is 10. The van der Waals surface area contributed by atoms with Gasteiger partial charge in [0.25, 0.3) is 0 Å². The summed E-state index contributed by atoms with van der Waals surface area (Å²) in [5.74, 6) is 0. The number of ether oxygens (including phenoxy) is 2. The van der Waals surface area contributed by atoms with Crippen LogP contribution in [0.3, 0.4) is 0 Å². The molecule has 45 heavy (non-hydrogen) atoms. The maximum absolute atomic E-state index is 6.29. The Bertz CT molecular complexity index is 2050. The minimum Gasteiger partial charge on any atom is -0.374 e. The van der Waals surface area contributed by atoms with Gasteiger partial charge in [-0.2, -0.15) is 0 Å². The van der Waals surface area contributed by atoms with Crippen molar-refractivity contribution < 1.29 is 9.47 Å². The van der Waals surface area contributed by atoms with Crippen molar-refractivity contribution in [2.45, 2.75) is 42.1 Å². The first kappa shape index (κ1) is 28.7. The third-order valence-electron chi connectivity index (χ3n) is 7.95. The topological polar surface area (TPSA) is 21.8 Å². The van der Waals surface area contributed by atoms with Crippen molar-refractivity contribution >= 4 is 67.6 Å². The monoisotopic (exact) mass is 638 g/mol. The van der Waals surface area contributed by atoms with Gasteiger partial charge in [0.1, 0.15) is 6.10 Å². The zero-order chi connectivity index (χ0) is 30.0. The highest BCUT2D eigenvalue weighted by Crippen LogP contribution is 2.44. The highest BCUT2D eigenvalue weighted by molar-refractivity contribution is 8.01. The molecule has 1 aliphatic rings. The van der Waals surface area contributed by atoms with E-state index in [1.165, 1.54) is 67.3 Å². The van der Waals surface area contributed by atoms with Crippen LogP contribution in [0.15, 0.2) is 169 Å². The molecule has 0 amide bonds. The van der Waals surface area contributed by atoms with E-state index in [1.807, 2.05) is 35.3 Å². The van der Waals surface area contributed by atoms with Gasteiger partial charge >= 0.3 is 0 Å². The summed E-state index contributed by atoms with van der Waals surface area (Å²) >= 11 is 5.46. The molecule has 0 radical (unpaired) electrons. The predicted octanol–water partition coefficient (Wildman–Crippen LogP) is 11.5. The van der Waals surface area contributed by atoms with Crippen LogP contribution in [-0.4, -0.2) is 19.3 Å². The zero-order valence-electron chi connectivity index (χ0n) is 24.5. The van der Waals surface area contributed by atoms with E-state index in [1.54, 1.807) is 0 Å². The van der Waals surface area contributed by atoms with Gasteiger partial charge in [-0.1, -0.05) is 126 Å². The summed E-state index contributed by atoms with van der Waals surface area (Å²) in [4.78, 5) is 7.31. The van der Waals surface area contributed by atoms with Gasteiger partial charge in [0.05, 0.1) is 19.8 Å². The predicted molar refractivity (Wildman–Crippen MR) is 190 cm³/mol. The molecule has 1 heterocycles. The second kappa shape index (κ2) is 13.0. The molecule has 8 rings (SSSR count). The van der Waals surface area contributed by atoms with Gasteiger partial charge in [0.2, 0.25) is 0 Å². The lowest BCUT2D eigenvalue weighted by Gasteiger charge is -2.18. The third kappa shape index (κ3) is 6.79. The Hall–Kier alpha value is -3.71. The number of hydrogen-bond donors (Lipinski definition) is 0. The maximum Gasteiger partial charge on any atom is 0.104 e. The van der Waals surface area contributed by atoms with Gasteiger partial charge < -0.3 is 9.47 Å². The molecule has 0 spiro atoms. The first-order valence-corrected chi connectivity index (χ1v) is 17.5. The van der Waals surface area contributed by atoms with E-state index >= 15 is 0 Å². The zero-order valence-corrected chi connectivity index (χ0v) is 27.0. The van der Waals surface area contributed by atoms with Gasteiger partial charge in [-0.15, -0.1) is 0 Å². The second-order valence-corrected chi connectivity index (χ2v) is 14.6. The summed E-state index contributed by atoms with van der Waals surface area (Å²) < 4.78 is 11.7. The fraction of sp³-hybridized carbons (Fsp3) is 0.100. The molecule has 0 aromatic heterocycles. The Kier molecular flexibility index (Phi) is 8.27. The number of epoxide rings is 1. The summed E-state index contributed by atoms with van der Waals surface area (Å²) in [6.07, 6.45) is 0.223. The summed E-state index contributed by atoms with van der Waals surface area (Å²) in [7, 11) is 0. The molecule has 2 nitrogen and oxygen atoms in total. The van der Waals surface area contributed by atoms with Crippen molar-refractivity contribution in [2.24, 2.45) is 0 Å². The maximum atomic E-state index is 6.29. The first-order valence-electron chi connectivity index (χ1n) is 15.1. The molecule has 7 aromatic carbocycles. The molecule has 1 fully saturated rings. The van der Waals surface area contributed by atoms with E-state index in [9.17, 15) is 0 Å². The standard InChI is InChI=1S/C40H30O2S3/c1-4-10-30-19-34(16-13-27(30)7-1)43-37-22-39(44-35-17-14-28-8-2-5-11-31(28)20-35)38(26-41-24-33-25-42-33)40(23-37)45-36-18-15-29-9-3-6-12-32(29)21-36/h1-23,33H,24-26H2. The minimum absolute atomic E-state index is 0.223. The lowest BCUT2D eigenvalue weighted by Crippen LogP contribution is -2.04. The van der Waals surface area contributed by atoms with Crippen LogP contribution < -0.4 is 0 Å². The molecule has 0 aliphatic carbocycles. The van der Waals surface area contributed by atoms with E-state index < -0.39 is 0 Å². The van der Waals surface area contributed by atoms with E-state index in [0.717, 1.165) is 6.61 Å². The van der Waals surface area contributed by atoms with E-state index in [0.29, 0.717) is 13.2 Å². The summed E-state index contributed by atoms with van der Waals surface area (Å²) in [5, 5.41) is 7.52. The van der Waals surface area contributed by atoms with Crippen molar-refractivity contribution in [3.63, 3.8) is 0 Å². The van der Waals surface area contributed by atoms with Crippen LogP contribution in [0.4, 0.5) is 0 Å². The molecule has 220 valence electrons. The number of benzene rings is 7. The van der Waals surface area contributed by atoms with Crippen LogP contribution in [0.25, 0.3) is 32.3 Å². The molecule has 5 heteroatoms. The Labute approximate surface area is 276 Å². The van der Waals surface area contributed by atoms with Crippen LogP contribution in [0.5, 0.6) is 0 Å². The van der Waals surface area contributed by atoms with Gasteiger partial charge in [0, 0.05) is 34.9 Å². The first-order chi connectivity index (χ1) is 22.2. The van der Waals surface area contributed by atoms with Gasteiger partial charge in [-0.05, 0) is 80.8 Å². The number of fused-ring (bicyclic) bond motifs is 3. The minimum atomic E-state index is 0.223. The average molecular weight is 639 g/mol. The Morgan fingerprint density at radius 2 is 0.911 bits per heavy atom. The van der Waals surface area contributed by atoms with Crippen molar-refractivity contribution in [3.8, 4) is 0 Å². The molecule has 1 aliphatic heterocycles. The normalized spacial score (nSPS) is 14.4. The van der Waals surface area contributed by atoms with E-state index in [4.69, 9.17) is 9.47 Å². The largest absolute Gasteiger partial charge is 0.374 e. The number of hydrogen-bond acceptors (Lipinski definition) is 5. The van der Waals surface area contributed by atoms with E-state index in [2.05, 4.69) is 140 Å². The van der Waals surface area contributed by atoms with E-state index in [-0.39, 0.29) is 6.10 Å². The molecular weight excluding hydrogens is 609 g/mol. The molecule has 0 saturated carbocycles. The van der Waals surface area contributed by atoms with Crippen LogP contribution in [0.1, 0.15) is 5.56 Å². The van der Waals surface area contributed by atoms with Crippen molar-refractivity contribution in [2.75, 3.05) is 13.2 Å². The summed E-state index contributed by atoms with van der Waals surface area (Å²) in [6, 6.07) is 50.6. The average Bonchev–Trinajstić information content (AvgIpc) is 3.90. The SMILES string of the molecule is c1ccc2cc(Sc3cc(Sc4ccc5ccccc5c4)c(COCC4CO4)c(Sc4ccc5ccccc5c4)c3)ccc2c1. The fourth-order valence-corrected chi connectivity index (χ4v) is 8.79. The quantitative estimate of drug-likeness (QED) is 0.139. The third-order valence-corrected chi connectivity index (χ3v) is 11.1. The Balaban J connectivity index is 1.21. The summed E-state index contributed by atoms with van der Waals surface area (Å²) in [5.41, 5.74) is 1.22. The molecule has 1 unspecified atom stereocenters. The molecule has 0 bridgehead atoms. The highest BCUT2D eigenvalue weighted by atomic mass is 32.2. The highest BCUT2D eigenvalue weighted by Gasteiger charge is 2.23. The molecule has 0 N–H and O–H groups in total. The van der Waals surface area contributed by atoms with Crippen LogP contribution in [0.2, 0.25) is 0 Å². The summed E-state index contributed by atoms with van der Waals surface area (Å²) in [6.45, 7) is 1.94. The van der Waals surface area contributed by atoms with Crippen molar-refractivity contribution in [3.05, 3.63) is 145 Å². The molecule has 7 aromatic rings. The molecular formula is C40H30O2S3. The lowest BCUT2D eigenvalue weighted by molar-refractivity contribution is 0.101. The van der Waals surface area contributed by atoms with Crippen LogP contribution >= 0.6 is 35.3 Å². The second-order valence-electron chi connectivity index (χ2n) is 11.2.